The van der Waals surface area contributed by atoms with Gasteiger partial charge in [0.05, 0.1) is 0 Å². The van der Waals surface area contributed by atoms with Crippen molar-refractivity contribution in [3.05, 3.63) is 0 Å². The van der Waals surface area contributed by atoms with Gasteiger partial charge in [-0.25, -0.2) is 0 Å². The van der Waals surface area contributed by atoms with Gasteiger partial charge < -0.3 is 10.6 Å². The zero-order chi connectivity index (χ0) is 13.2. The largest absolute Gasteiger partial charge is 0.369 e. The molecule has 1 aliphatic rings. The molecule has 4 nitrogen and oxygen atoms in total. The predicted octanol–water partition coefficient (Wildman–Crippen LogP) is 1.39. The van der Waals surface area contributed by atoms with Crippen LogP contribution in [0.2, 0.25) is 0 Å². The first-order valence-electron chi connectivity index (χ1n) is 6.35. The molecule has 0 aromatic rings. The summed E-state index contributed by atoms with van der Waals surface area (Å²) in [7, 11) is 0. The second kappa shape index (κ2) is 5.07. The minimum Gasteiger partial charge on any atom is -0.369 e. The Labute approximate surface area is 104 Å². The van der Waals surface area contributed by atoms with Crippen LogP contribution in [0, 0.1) is 17.3 Å². The van der Waals surface area contributed by atoms with Crippen LogP contribution in [-0.2, 0) is 9.59 Å². The molecule has 17 heavy (non-hydrogen) atoms. The van der Waals surface area contributed by atoms with Crippen molar-refractivity contribution in [3.8, 4) is 0 Å². The first kappa shape index (κ1) is 14.0. The molecule has 1 fully saturated rings. The second-order valence-corrected chi connectivity index (χ2v) is 5.85. The van der Waals surface area contributed by atoms with Crippen molar-refractivity contribution in [1.82, 2.24) is 4.90 Å². The topological polar surface area (TPSA) is 63.4 Å². The van der Waals surface area contributed by atoms with Gasteiger partial charge in [0.1, 0.15) is 0 Å². The van der Waals surface area contributed by atoms with Gasteiger partial charge in [0.25, 0.3) is 0 Å². The second-order valence-electron chi connectivity index (χ2n) is 5.85. The Bertz CT molecular complexity index is 303. The van der Waals surface area contributed by atoms with Crippen molar-refractivity contribution in [3.63, 3.8) is 0 Å². The van der Waals surface area contributed by atoms with Gasteiger partial charge >= 0.3 is 0 Å². The third kappa shape index (κ3) is 2.99. The molecule has 98 valence electrons. The quantitative estimate of drug-likeness (QED) is 0.810. The molecule has 0 spiro atoms. The molecule has 1 rings (SSSR count). The van der Waals surface area contributed by atoms with Crippen LogP contribution in [0.1, 0.15) is 40.5 Å². The van der Waals surface area contributed by atoms with Crippen LogP contribution < -0.4 is 5.73 Å². The van der Waals surface area contributed by atoms with Crippen LogP contribution in [0.3, 0.4) is 0 Å². The number of hydrogen-bond donors (Lipinski definition) is 1. The minimum atomic E-state index is -0.334. The summed E-state index contributed by atoms with van der Waals surface area (Å²) in [4.78, 5) is 25.3. The molecule has 0 bridgehead atoms. The highest BCUT2D eigenvalue weighted by Gasteiger charge is 2.36. The molecule has 0 atom stereocenters. The summed E-state index contributed by atoms with van der Waals surface area (Å²) in [5.74, 6) is 0.209. The van der Waals surface area contributed by atoms with Crippen LogP contribution >= 0.6 is 0 Å². The number of nitrogens with two attached hydrogens (primary N) is 1. The van der Waals surface area contributed by atoms with Crippen molar-refractivity contribution in [2.75, 3.05) is 13.1 Å². The minimum absolute atomic E-state index is 0.0544. The third-order valence-electron chi connectivity index (χ3n) is 4.18. The maximum Gasteiger partial charge on any atom is 0.228 e. The number of piperidine rings is 1. The van der Waals surface area contributed by atoms with Crippen molar-refractivity contribution in [2.45, 2.75) is 40.5 Å². The van der Waals surface area contributed by atoms with E-state index in [1.165, 1.54) is 0 Å². The first-order valence-corrected chi connectivity index (χ1v) is 6.35. The van der Waals surface area contributed by atoms with E-state index >= 15 is 0 Å². The van der Waals surface area contributed by atoms with E-state index in [-0.39, 0.29) is 23.1 Å². The molecule has 2 amide bonds. The Hall–Kier alpha value is -1.06. The molecule has 1 aliphatic heterocycles. The van der Waals surface area contributed by atoms with Gasteiger partial charge in [-0.15, -0.1) is 0 Å². The molecule has 0 unspecified atom stereocenters. The molecule has 0 aromatic carbocycles. The number of amides is 2. The Morgan fingerprint density at radius 1 is 1.24 bits per heavy atom. The number of rotatable bonds is 3. The predicted molar refractivity (Wildman–Crippen MR) is 67.1 cm³/mol. The molecule has 4 heteroatoms. The van der Waals surface area contributed by atoms with Crippen LogP contribution in [0.15, 0.2) is 0 Å². The Morgan fingerprint density at radius 2 is 1.71 bits per heavy atom. The van der Waals surface area contributed by atoms with E-state index in [1.54, 1.807) is 0 Å². The van der Waals surface area contributed by atoms with E-state index in [1.807, 2.05) is 18.7 Å². The number of nitrogens with zero attached hydrogens (tertiary/aromatic N) is 1. The van der Waals surface area contributed by atoms with E-state index in [0.717, 1.165) is 0 Å². The Kier molecular flexibility index (Phi) is 4.17. The monoisotopic (exact) mass is 240 g/mol. The van der Waals surface area contributed by atoms with E-state index in [9.17, 15) is 9.59 Å². The van der Waals surface area contributed by atoms with Crippen molar-refractivity contribution in [2.24, 2.45) is 23.0 Å². The molecule has 0 saturated carbocycles. The zero-order valence-corrected chi connectivity index (χ0v) is 11.3. The van der Waals surface area contributed by atoms with Crippen molar-refractivity contribution < 1.29 is 9.59 Å². The summed E-state index contributed by atoms with van der Waals surface area (Å²) < 4.78 is 0. The lowest BCUT2D eigenvalue weighted by Crippen LogP contribution is -2.48. The molecule has 0 aromatic heterocycles. The highest BCUT2D eigenvalue weighted by molar-refractivity contribution is 5.83. The summed E-state index contributed by atoms with van der Waals surface area (Å²) in [5.41, 5.74) is 4.95. The Balaban J connectivity index is 2.60. The summed E-state index contributed by atoms with van der Waals surface area (Å²) in [6, 6.07) is 0. The van der Waals surface area contributed by atoms with Gasteiger partial charge in [0.15, 0.2) is 0 Å². The lowest BCUT2D eigenvalue weighted by atomic mass is 9.79. The lowest BCUT2D eigenvalue weighted by Gasteiger charge is -2.38. The maximum absolute atomic E-state index is 12.3. The fraction of sp³-hybridized carbons (Fsp3) is 0.846. The van der Waals surface area contributed by atoms with E-state index < -0.39 is 0 Å². The number of carbonyl (C=O) groups excluding carboxylic acids is 2. The van der Waals surface area contributed by atoms with Crippen molar-refractivity contribution >= 4 is 11.8 Å². The standard InChI is InChI=1S/C13H24N2O2/c1-9(2)13(3,4)12(17)15-7-5-10(6-8-15)11(14)16/h9-10H,5-8H2,1-4H3,(H2,14,16). The Morgan fingerprint density at radius 3 is 2.06 bits per heavy atom. The van der Waals surface area contributed by atoms with Gasteiger partial charge in [-0.2, -0.15) is 0 Å². The number of carbonyl (C=O) groups is 2. The normalized spacial score (nSPS) is 18.5. The molecular formula is C13H24N2O2. The average Bonchev–Trinajstić information content (AvgIpc) is 2.27. The van der Waals surface area contributed by atoms with Gasteiger partial charge in [0, 0.05) is 24.4 Å². The summed E-state index contributed by atoms with van der Waals surface area (Å²) in [6.07, 6.45) is 1.41. The number of hydrogen-bond acceptors (Lipinski definition) is 2. The third-order valence-corrected chi connectivity index (χ3v) is 4.18. The first-order chi connectivity index (χ1) is 7.76. The van der Waals surface area contributed by atoms with Gasteiger partial charge in [0.2, 0.25) is 11.8 Å². The zero-order valence-electron chi connectivity index (χ0n) is 11.3. The van der Waals surface area contributed by atoms with Crippen LogP contribution in [0.5, 0.6) is 0 Å². The van der Waals surface area contributed by atoms with Crippen LogP contribution in [0.25, 0.3) is 0 Å². The lowest BCUT2D eigenvalue weighted by molar-refractivity contribution is -0.145. The van der Waals surface area contributed by atoms with E-state index in [4.69, 9.17) is 5.73 Å². The summed E-state index contributed by atoms with van der Waals surface area (Å²) in [6.45, 7) is 9.41. The van der Waals surface area contributed by atoms with Gasteiger partial charge in [-0.05, 0) is 18.8 Å². The van der Waals surface area contributed by atoms with Crippen LogP contribution in [0.4, 0.5) is 0 Å². The van der Waals surface area contributed by atoms with Crippen molar-refractivity contribution in [1.29, 1.82) is 0 Å². The molecule has 1 saturated heterocycles. The fourth-order valence-corrected chi connectivity index (χ4v) is 2.02. The summed E-state index contributed by atoms with van der Waals surface area (Å²) in [5, 5.41) is 0. The number of primary amides is 1. The number of likely N-dealkylation sites (tertiary alicyclic amines) is 1. The van der Waals surface area contributed by atoms with E-state index in [2.05, 4.69) is 13.8 Å². The fourth-order valence-electron chi connectivity index (χ4n) is 2.02. The molecule has 2 N–H and O–H groups in total. The molecule has 0 aliphatic carbocycles. The highest BCUT2D eigenvalue weighted by Crippen LogP contribution is 2.30. The SMILES string of the molecule is CC(C)C(C)(C)C(=O)N1CCC(C(N)=O)CC1. The highest BCUT2D eigenvalue weighted by atomic mass is 16.2. The average molecular weight is 240 g/mol. The summed E-state index contributed by atoms with van der Waals surface area (Å²) >= 11 is 0. The van der Waals surface area contributed by atoms with E-state index in [0.29, 0.717) is 31.8 Å². The molecular weight excluding hydrogens is 216 g/mol. The van der Waals surface area contributed by atoms with Crippen LogP contribution in [-0.4, -0.2) is 29.8 Å². The maximum atomic E-state index is 12.3. The smallest absolute Gasteiger partial charge is 0.228 e. The molecule has 1 heterocycles. The molecule has 0 radical (unpaired) electrons. The van der Waals surface area contributed by atoms with Gasteiger partial charge in [-0.3, -0.25) is 9.59 Å². The van der Waals surface area contributed by atoms with Gasteiger partial charge in [-0.1, -0.05) is 27.7 Å².